The zero-order valence-corrected chi connectivity index (χ0v) is 16.1. The SMILES string of the molecule is CC1(C)[C@H]2CC[C@]1(CS(=O)(=O)NCc1ccc(Cl)cc1Cl)C(=O)C2. The van der Waals surface area contributed by atoms with Crippen molar-refractivity contribution in [2.24, 2.45) is 16.7 Å². The topological polar surface area (TPSA) is 63.2 Å². The van der Waals surface area contributed by atoms with E-state index < -0.39 is 15.4 Å². The second-order valence-corrected chi connectivity index (χ2v) is 10.1. The van der Waals surface area contributed by atoms with Gasteiger partial charge >= 0.3 is 0 Å². The van der Waals surface area contributed by atoms with Crippen molar-refractivity contribution in [2.75, 3.05) is 5.75 Å². The predicted octanol–water partition coefficient (Wildman–Crippen LogP) is 3.81. The Hall–Kier alpha value is -0.620. The number of fused-ring (bicyclic) bond motifs is 2. The van der Waals surface area contributed by atoms with Gasteiger partial charge in [-0.3, -0.25) is 4.79 Å². The molecule has 3 rings (SSSR count). The molecule has 2 aliphatic carbocycles. The van der Waals surface area contributed by atoms with Gasteiger partial charge in [0.05, 0.1) is 5.75 Å². The van der Waals surface area contributed by atoms with Crippen molar-refractivity contribution < 1.29 is 13.2 Å². The first-order valence-corrected chi connectivity index (χ1v) is 10.4. The Morgan fingerprint density at radius 2 is 2.00 bits per heavy atom. The van der Waals surface area contributed by atoms with Gasteiger partial charge in [0.1, 0.15) is 5.78 Å². The number of rotatable bonds is 5. The van der Waals surface area contributed by atoms with Gasteiger partial charge in [-0.05, 0) is 41.9 Å². The maximum atomic E-state index is 12.6. The Morgan fingerprint density at radius 3 is 2.54 bits per heavy atom. The number of ketones is 1. The van der Waals surface area contributed by atoms with Crippen LogP contribution in [0.25, 0.3) is 0 Å². The second kappa shape index (κ2) is 5.97. The maximum absolute atomic E-state index is 12.6. The molecule has 0 radical (unpaired) electrons. The first-order chi connectivity index (χ1) is 11.1. The van der Waals surface area contributed by atoms with E-state index in [4.69, 9.17) is 23.2 Å². The highest BCUT2D eigenvalue weighted by Crippen LogP contribution is 2.64. The number of carbonyl (C=O) groups excluding carboxylic acids is 1. The van der Waals surface area contributed by atoms with E-state index in [9.17, 15) is 13.2 Å². The van der Waals surface area contributed by atoms with Crippen LogP contribution in [-0.4, -0.2) is 20.0 Å². The van der Waals surface area contributed by atoms with Crippen molar-refractivity contribution in [2.45, 2.75) is 39.7 Å². The summed E-state index contributed by atoms with van der Waals surface area (Å²) in [4.78, 5) is 12.5. The summed E-state index contributed by atoms with van der Waals surface area (Å²) in [6, 6.07) is 4.94. The lowest BCUT2D eigenvalue weighted by molar-refractivity contribution is -0.128. The fourth-order valence-electron chi connectivity index (χ4n) is 4.34. The number of halogens is 2. The first-order valence-electron chi connectivity index (χ1n) is 8.02. The third kappa shape index (κ3) is 2.90. The molecule has 0 amide bonds. The van der Waals surface area contributed by atoms with Crippen LogP contribution >= 0.6 is 23.2 Å². The minimum absolute atomic E-state index is 0.0897. The van der Waals surface area contributed by atoms with E-state index in [0.717, 1.165) is 6.42 Å². The standard InChI is InChI=1S/C17H21Cl2NO3S/c1-16(2)12-5-6-17(16,15(21)7-12)10-24(22,23)20-9-11-3-4-13(18)8-14(11)19/h3-4,8,12,20H,5-7,9-10H2,1-2H3/t12-,17-/m0/s1. The molecule has 132 valence electrons. The average molecular weight is 390 g/mol. The predicted molar refractivity (Wildman–Crippen MR) is 95.7 cm³/mol. The number of nitrogens with one attached hydrogen (secondary N) is 1. The number of hydrogen-bond acceptors (Lipinski definition) is 3. The minimum atomic E-state index is -3.60. The number of sulfonamides is 1. The van der Waals surface area contributed by atoms with Crippen LogP contribution in [-0.2, 0) is 21.4 Å². The van der Waals surface area contributed by atoms with Crippen molar-refractivity contribution in [1.29, 1.82) is 0 Å². The van der Waals surface area contributed by atoms with Crippen LogP contribution in [0.3, 0.4) is 0 Å². The summed E-state index contributed by atoms with van der Waals surface area (Å²) in [5.41, 5.74) is -0.368. The summed E-state index contributed by atoms with van der Waals surface area (Å²) in [5, 5.41) is 0.919. The molecule has 0 heterocycles. The highest BCUT2D eigenvalue weighted by molar-refractivity contribution is 7.89. The molecule has 2 saturated carbocycles. The van der Waals surface area contributed by atoms with Crippen molar-refractivity contribution in [1.82, 2.24) is 4.72 Å². The molecule has 0 aromatic heterocycles. The Morgan fingerprint density at radius 1 is 1.29 bits per heavy atom. The largest absolute Gasteiger partial charge is 0.299 e. The lowest BCUT2D eigenvalue weighted by Gasteiger charge is -2.36. The molecule has 0 unspecified atom stereocenters. The summed E-state index contributed by atoms with van der Waals surface area (Å²) >= 11 is 11.9. The van der Waals surface area contributed by atoms with Crippen LogP contribution in [0.15, 0.2) is 18.2 Å². The third-order valence-electron chi connectivity index (χ3n) is 6.07. The van der Waals surface area contributed by atoms with Crippen molar-refractivity contribution in [3.63, 3.8) is 0 Å². The molecule has 1 aromatic rings. The Kier molecular flexibility index (Phi) is 4.53. The van der Waals surface area contributed by atoms with Crippen molar-refractivity contribution >= 4 is 39.0 Å². The summed E-state index contributed by atoms with van der Waals surface area (Å²) in [6.45, 7) is 4.15. The molecule has 4 nitrogen and oxygen atoms in total. The lowest BCUT2D eigenvalue weighted by atomic mass is 9.70. The number of carbonyl (C=O) groups is 1. The normalized spacial score (nSPS) is 28.5. The second-order valence-electron chi connectivity index (χ2n) is 7.48. The van der Waals surface area contributed by atoms with Crippen molar-refractivity contribution in [3.05, 3.63) is 33.8 Å². The number of hydrogen-bond donors (Lipinski definition) is 1. The molecule has 1 N–H and O–H groups in total. The highest BCUT2D eigenvalue weighted by atomic mass is 35.5. The van der Waals surface area contributed by atoms with E-state index in [0.29, 0.717) is 34.4 Å². The molecule has 2 bridgehead atoms. The van der Waals surface area contributed by atoms with Gasteiger partial charge in [0, 0.05) is 28.4 Å². The highest BCUT2D eigenvalue weighted by Gasteiger charge is 2.65. The minimum Gasteiger partial charge on any atom is -0.299 e. The van der Waals surface area contributed by atoms with E-state index >= 15 is 0 Å². The summed E-state index contributed by atoms with van der Waals surface area (Å²) in [7, 11) is -3.60. The van der Waals surface area contributed by atoms with Gasteiger partial charge in [-0.25, -0.2) is 13.1 Å². The fraction of sp³-hybridized carbons (Fsp3) is 0.588. The lowest BCUT2D eigenvalue weighted by Crippen LogP contribution is -2.45. The molecule has 24 heavy (non-hydrogen) atoms. The molecule has 2 aliphatic rings. The number of benzene rings is 1. The van der Waals surface area contributed by atoms with Crippen LogP contribution < -0.4 is 4.72 Å². The molecule has 1 aromatic carbocycles. The van der Waals surface area contributed by atoms with E-state index in [2.05, 4.69) is 4.72 Å². The molecule has 2 atom stereocenters. The van der Waals surface area contributed by atoms with E-state index in [-0.39, 0.29) is 23.5 Å². The summed E-state index contributed by atoms with van der Waals surface area (Å²) < 4.78 is 27.8. The molecule has 0 spiro atoms. The van der Waals surface area contributed by atoms with Gasteiger partial charge in [-0.1, -0.05) is 43.1 Å². The van der Waals surface area contributed by atoms with E-state index in [1.54, 1.807) is 18.2 Å². The van der Waals surface area contributed by atoms with Crippen molar-refractivity contribution in [3.8, 4) is 0 Å². The Bertz CT molecular complexity index is 791. The fourth-order valence-corrected chi connectivity index (χ4v) is 6.62. The summed E-state index contributed by atoms with van der Waals surface area (Å²) in [6.07, 6.45) is 2.09. The maximum Gasteiger partial charge on any atom is 0.212 e. The van der Waals surface area contributed by atoms with Crippen LogP contribution in [0, 0.1) is 16.7 Å². The van der Waals surface area contributed by atoms with Gasteiger partial charge in [-0.15, -0.1) is 0 Å². The zero-order chi connectivity index (χ0) is 17.8. The van der Waals surface area contributed by atoms with E-state index in [1.165, 1.54) is 0 Å². The van der Waals surface area contributed by atoms with E-state index in [1.807, 2.05) is 13.8 Å². The van der Waals surface area contributed by atoms with Gasteiger partial charge in [-0.2, -0.15) is 0 Å². The van der Waals surface area contributed by atoms with Crippen LogP contribution in [0.2, 0.25) is 10.0 Å². The Labute approximate surface area is 153 Å². The molecule has 7 heteroatoms. The van der Waals surface area contributed by atoms with Gasteiger partial charge < -0.3 is 0 Å². The quantitative estimate of drug-likeness (QED) is 0.832. The molecular weight excluding hydrogens is 369 g/mol. The van der Waals surface area contributed by atoms with Crippen LogP contribution in [0.1, 0.15) is 38.7 Å². The number of Topliss-reactive ketones (excluding diaryl/α,β-unsaturated/α-hetero) is 1. The van der Waals surface area contributed by atoms with Gasteiger partial charge in [0.15, 0.2) is 0 Å². The first kappa shape index (κ1) is 18.2. The molecular formula is C17H21Cl2NO3S. The van der Waals surface area contributed by atoms with Crippen LogP contribution in [0.5, 0.6) is 0 Å². The summed E-state index contributed by atoms with van der Waals surface area (Å²) in [5.74, 6) is 0.248. The molecule has 2 fully saturated rings. The van der Waals surface area contributed by atoms with Crippen LogP contribution in [0.4, 0.5) is 0 Å². The zero-order valence-electron chi connectivity index (χ0n) is 13.7. The molecule has 0 saturated heterocycles. The molecule has 0 aliphatic heterocycles. The third-order valence-corrected chi connectivity index (χ3v) is 8.12. The monoisotopic (exact) mass is 389 g/mol. The Balaban J connectivity index is 1.76. The average Bonchev–Trinajstić information content (AvgIpc) is 2.80. The van der Waals surface area contributed by atoms with Gasteiger partial charge in [0.25, 0.3) is 0 Å². The van der Waals surface area contributed by atoms with Gasteiger partial charge in [0.2, 0.25) is 10.0 Å². The smallest absolute Gasteiger partial charge is 0.212 e.